The summed E-state index contributed by atoms with van der Waals surface area (Å²) in [5, 5.41) is 0. The van der Waals surface area contributed by atoms with Crippen LogP contribution in [0.5, 0.6) is 0 Å². The molecule has 11 heavy (non-hydrogen) atoms. The van der Waals surface area contributed by atoms with E-state index in [0.717, 1.165) is 6.42 Å². The van der Waals surface area contributed by atoms with Crippen LogP contribution in [0.15, 0.2) is 0 Å². The Labute approximate surface area is 82.4 Å². The second kappa shape index (κ2) is 5.68. The Morgan fingerprint density at radius 2 is 1.91 bits per heavy atom. The van der Waals surface area contributed by atoms with Gasteiger partial charge in [-0.1, -0.05) is 6.92 Å². The van der Waals surface area contributed by atoms with Crippen LogP contribution in [0.1, 0.15) is 42.0 Å². The summed E-state index contributed by atoms with van der Waals surface area (Å²) in [5.74, 6) is -0.102. The van der Waals surface area contributed by atoms with Gasteiger partial charge < -0.3 is 6.16 Å². The Bertz CT molecular complexity index is 121. The molecule has 0 saturated carbocycles. The van der Waals surface area contributed by atoms with Gasteiger partial charge in [0.2, 0.25) is 0 Å². The van der Waals surface area contributed by atoms with Crippen molar-refractivity contribution in [3.8, 4) is 0 Å². The molecule has 0 aliphatic heterocycles. The summed E-state index contributed by atoms with van der Waals surface area (Å²) < 4.78 is 5.04. The van der Waals surface area contributed by atoms with Crippen LogP contribution in [0.2, 0.25) is 0 Å². The largest absolute Gasteiger partial charge is 1.00 e. The maximum atomic E-state index is 10.8. The van der Waals surface area contributed by atoms with Crippen LogP contribution < -0.4 is 18.9 Å². The average Bonchev–Trinajstić information content (AvgIpc) is 1.59. The summed E-state index contributed by atoms with van der Waals surface area (Å²) in [5.41, 5.74) is -0.327. The Kier molecular flexibility index (Phi) is 7.05. The van der Waals surface area contributed by atoms with E-state index in [1.807, 2.05) is 27.7 Å². The molecule has 0 aliphatic carbocycles. The second-order valence-electron chi connectivity index (χ2n) is 3.34. The van der Waals surface area contributed by atoms with Gasteiger partial charge in [-0.3, -0.25) is 4.79 Å². The normalized spacial score (nSPS) is 10.2. The van der Waals surface area contributed by atoms with E-state index in [1.54, 1.807) is 0 Å². The summed E-state index contributed by atoms with van der Waals surface area (Å²) in [6.45, 7) is 7.59. The van der Waals surface area contributed by atoms with E-state index in [-0.39, 0.29) is 31.9 Å². The molecule has 0 saturated heterocycles. The zero-order valence-corrected chi connectivity index (χ0v) is 8.23. The van der Waals surface area contributed by atoms with E-state index in [2.05, 4.69) is 0 Å². The van der Waals surface area contributed by atoms with Crippen molar-refractivity contribution >= 4 is 5.97 Å². The summed E-state index contributed by atoms with van der Waals surface area (Å²) >= 11 is 0. The molecule has 0 unspecified atom stereocenters. The Morgan fingerprint density at radius 3 is 2.18 bits per heavy atom. The van der Waals surface area contributed by atoms with Crippen molar-refractivity contribution in [3.63, 3.8) is 0 Å². The van der Waals surface area contributed by atoms with E-state index < -0.39 is 0 Å². The molecule has 0 amide bonds. The molecule has 0 heterocycles. The average molecular weight is 152 g/mol. The minimum absolute atomic E-state index is 0. The molecule has 0 atom stereocenters. The number of carbonyl (C=O) groups excluding carboxylic acids is 1. The van der Waals surface area contributed by atoms with Crippen LogP contribution in [0.3, 0.4) is 0 Å². The first-order valence-corrected chi connectivity index (χ1v) is 3.67. The molecule has 0 bridgehead atoms. The SMILES string of the molecule is CCCC(=O)OC(C)(C)C.[H-].[Li+]. The minimum atomic E-state index is -0.327. The molecule has 0 aromatic rings. The molecule has 0 radical (unpaired) electrons. The summed E-state index contributed by atoms with van der Waals surface area (Å²) in [7, 11) is 0. The molecule has 0 spiro atoms. The Balaban J connectivity index is -0.000000405. The number of hydrogen-bond donors (Lipinski definition) is 0. The van der Waals surface area contributed by atoms with Crippen molar-refractivity contribution in [2.24, 2.45) is 0 Å². The molecule has 0 N–H and O–H groups in total. The summed E-state index contributed by atoms with van der Waals surface area (Å²) in [6, 6.07) is 0. The first-order valence-electron chi connectivity index (χ1n) is 3.67. The second-order valence-corrected chi connectivity index (χ2v) is 3.34. The summed E-state index contributed by atoms with van der Waals surface area (Å²) in [6.07, 6.45) is 1.38. The van der Waals surface area contributed by atoms with Crippen molar-refractivity contribution in [2.45, 2.75) is 46.1 Å². The van der Waals surface area contributed by atoms with E-state index >= 15 is 0 Å². The number of rotatable bonds is 2. The number of ether oxygens (including phenoxy) is 1. The fourth-order valence-electron chi connectivity index (χ4n) is 0.597. The van der Waals surface area contributed by atoms with Crippen LogP contribution in [-0.4, -0.2) is 11.6 Å². The zero-order valence-electron chi connectivity index (χ0n) is 9.23. The van der Waals surface area contributed by atoms with E-state index in [0.29, 0.717) is 6.42 Å². The first-order chi connectivity index (χ1) is 4.45. The van der Waals surface area contributed by atoms with Gasteiger partial charge >= 0.3 is 24.8 Å². The van der Waals surface area contributed by atoms with Crippen molar-refractivity contribution in [3.05, 3.63) is 0 Å². The number of hydrogen-bond acceptors (Lipinski definition) is 2. The van der Waals surface area contributed by atoms with Gasteiger partial charge in [0, 0.05) is 6.42 Å². The minimum Gasteiger partial charge on any atom is -1.00 e. The fourth-order valence-corrected chi connectivity index (χ4v) is 0.597. The van der Waals surface area contributed by atoms with Gasteiger partial charge in [-0.15, -0.1) is 0 Å². The van der Waals surface area contributed by atoms with Crippen molar-refractivity contribution in [2.75, 3.05) is 0 Å². The van der Waals surface area contributed by atoms with Crippen LogP contribution in [0.4, 0.5) is 0 Å². The van der Waals surface area contributed by atoms with Gasteiger partial charge in [-0.25, -0.2) is 0 Å². The van der Waals surface area contributed by atoms with Gasteiger partial charge in [0.15, 0.2) is 0 Å². The Morgan fingerprint density at radius 1 is 1.45 bits per heavy atom. The first kappa shape index (κ1) is 13.6. The van der Waals surface area contributed by atoms with Gasteiger partial charge in [0.1, 0.15) is 5.60 Å². The van der Waals surface area contributed by atoms with Crippen molar-refractivity contribution in [1.29, 1.82) is 0 Å². The maximum absolute atomic E-state index is 10.8. The summed E-state index contributed by atoms with van der Waals surface area (Å²) in [4.78, 5) is 10.8. The Hall–Kier alpha value is 0.0674. The standard InChI is InChI=1S/C8H16O2.Li.H/c1-5-6-7(9)10-8(2,3)4;;/h5-6H2,1-4H3;;/q;+1;-1. The third-order valence-electron chi connectivity index (χ3n) is 0.874. The number of carbonyl (C=O) groups is 1. The van der Waals surface area contributed by atoms with Gasteiger partial charge in [0.25, 0.3) is 0 Å². The van der Waals surface area contributed by atoms with E-state index in [1.165, 1.54) is 0 Å². The smallest absolute Gasteiger partial charge is 1.00 e. The molecular weight excluding hydrogens is 135 g/mol. The quantitative estimate of drug-likeness (QED) is 0.384. The van der Waals surface area contributed by atoms with E-state index in [4.69, 9.17) is 4.74 Å². The predicted octanol–water partition coefficient (Wildman–Crippen LogP) is -0.755. The molecule has 2 nitrogen and oxygen atoms in total. The third kappa shape index (κ3) is 10.1. The molecule has 0 fully saturated rings. The van der Waals surface area contributed by atoms with Gasteiger partial charge in [-0.05, 0) is 27.2 Å². The molecule has 62 valence electrons. The topological polar surface area (TPSA) is 26.3 Å². The van der Waals surface area contributed by atoms with Crippen LogP contribution in [-0.2, 0) is 9.53 Å². The maximum Gasteiger partial charge on any atom is 1.00 e. The zero-order chi connectivity index (χ0) is 8.20. The van der Waals surface area contributed by atoms with Crippen LogP contribution >= 0.6 is 0 Å². The molecule has 0 rings (SSSR count). The number of esters is 1. The van der Waals surface area contributed by atoms with E-state index in [9.17, 15) is 4.79 Å². The predicted molar refractivity (Wildman–Crippen MR) is 41.9 cm³/mol. The molecular formula is C8H17LiO2. The van der Waals surface area contributed by atoms with Crippen LogP contribution in [0, 0.1) is 0 Å². The third-order valence-corrected chi connectivity index (χ3v) is 0.874. The van der Waals surface area contributed by atoms with Crippen molar-refractivity contribution in [1.82, 2.24) is 0 Å². The monoisotopic (exact) mass is 152 g/mol. The van der Waals surface area contributed by atoms with Gasteiger partial charge in [-0.2, -0.15) is 0 Å². The molecule has 0 aromatic carbocycles. The van der Waals surface area contributed by atoms with Crippen LogP contribution in [0.25, 0.3) is 0 Å². The molecule has 0 aromatic heterocycles. The van der Waals surface area contributed by atoms with Gasteiger partial charge in [0.05, 0.1) is 0 Å². The fraction of sp³-hybridized carbons (Fsp3) is 0.875. The molecule has 0 aliphatic rings. The molecule has 3 heteroatoms. The van der Waals surface area contributed by atoms with Crippen molar-refractivity contribution < 1.29 is 29.8 Å².